The number of rotatable bonds is 5. The quantitative estimate of drug-likeness (QED) is 0.521. The van der Waals surface area contributed by atoms with Gasteiger partial charge >= 0.3 is 5.69 Å². The Balaban J connectivity index is 1.86. The standard InChI is InChI=1S/C17H18N6O2/c1-12-7-6-9-16(23-17(24)22(3)20-21-23)14(12)11-25-19-13(2)15-8-4-5-10-18-15/h4-10H,11H2,1-3H3/b19-13-. The summed E-state index contributed by atoms with van der Waals surface area (Å²) in [5.41, 5.74) is 3.53. The summed E-state index contributed by atoms with van der Waals surface area (Å²) in [6.45, 7) is 3.97. The Kier molecular flexibility index (Phi) is 4.69. The molecule has 1 aromatic carbocycles. The van der Waals surface area contributed by atoms with E-state index in [9.17, 15) is 4.79 Å². The molecule has 8 nitrogen and oxygen atoms in total. The highest BCUT2D eigenvalue weighted by atomic mass is 16.6. The van der Waals surface area contributed by atoms with Crippen LogP contribution in [0.15, 0.2) is 52.5 Å². The predicted octanol–water partition coefficient (Wildman–Crippen LogP) is 1.61. The first-order valence-electron chi connectivity index (χ1n) is 7.74. The predicted molar refractivity (Wildman–Crippen MR) is 92.6 cm³/mol. The maximum absolute atomic E-state index is 12.1. The van der Waals surface area contributed by atoms with Gasteiger partial charge in [-0.15, -0.1) is 0 Å². The average molecular weight is 338 g/mol. The van der Waals surface area contributed by atoms with Crippen LogP contribution in [0.5, 0.6) is 0 Å². The lowest BCUT2D eigenvalue weighted by Gasteiger charge is -2.10. The van der Waals surface area contributed by atoms with Crippen molar-refractivity contribution < 1.29 is 4.84 Å². The van der Waals surface area contributed by atoms with Gasteiger partial charge in [-0.05, 0) is 48.0 Å². The lowest BCUT2D eigenvalue weighted by atomic mass is 10.1. The van der Waals surface area contributed by atoms with Gasteiger partial charge in [-0.25, -0.2) is 4.79 Å². The smallest absolute Gasteiger partial charge is 0.368 e. The van der Waals surface area contributed by atoms with Crippen LogP contribution in [0.1, 0.15) is 23.7 Å². The monoisotopic (exact) mass is 338 g/mol. The Labute approximate surface area is 144 Å². The molecule has 0 unspecified atom stereocenters. The van der Waals surface area contributed by atoms with E-state index < -0.39 is 0 Å². The van der Waals surface area contributed by atoms with E-state index in [0.29, 0.717) is 11.4 Å². The zero-order valence-electron chi connectivity index (χ0n) is 14.2. The number of pyridine rings is 1. The minimum atomic E-state index is -0.319. The fraction of sp³-hybridized carbons (Fsp3) is 0.235. The summed E-state index contributed by atoms with van der Waals surface area (Å²) in [7, 11) is 1.55. The first kappa shape index (κ1) is 16.6. The van der Waals surface area contributed by atoms with Crippen molar-refractivity contribution in [2.75, 3.05) is 0 Å². The third-order valence-corrected chi connectivity index (χ3v) is 3.78. The van der Waals surface area contributed by atoms with Gasteiger partial charge in [0.1, 0.15) is 12.3 Å². The SMILES string of the molecule is C/C(=N/OCc1c(C)cccc1-n1nnn(C)c1=O)c1ccccn1. The van der Waals surface area contributed by atoms with E-state index in [1.807, 2.05) is 44.2 Å². The molecule has 3 aromatic rings. The number of hydrogen-bond donors (Lipinski definition) is 0. The van der Waals surface area contributed by atoms with Crippen molar-refractivity contribution >= 4 is 5.71 Å². The molecule has 0 aliphatic carbocycles. The Morgan fingerprint density at radius 1 is 1.20 bits per heavy atom. The van der Waals surface area contributed by atoms with Crippen molar-refractivity contribution in [1.29, 1.82) is 0 Å². The molecule has 0 saturated heterocycles. The summed E-state index contributed by atoms with van der Waals surface area (Å²) in [5.74, 6) is 0. The zero-order chi connectivity index (χ0) is 17.8. The summed E-state index contributed by atoms with van der Waals surface area (Å²) in [6.07, 6.45) is 1.70. The summed E-state index contributed by atoms with van der Waals surface area (Å²) < 4.78 is 2.43. The first-order chi connectivity index (χ1) is 12.1. The van der Waals surface area contributed by atoms with Gasteiger partial charge in [0, 0.05) is 18.8 Å². The summed E-state index contributed by atoms with van der Waals surface area (Å²) in [6, 6.07) is 11.2. The lowest BCUT2D eigenvalue weighted by molar-refractivity contribution is 0.130. The molecule has 0 saturated carbocycles. The maximum Gasteiger partial charge on any atom is 0.368 e. The molecule has 0 N–H and O–H groups in total. The van der Waals surface area contributed by atoms with E-state index in [1.165, 1.54) is 9.36 Å². The van der Waals surface area contributed by atoms with Crippen LogP contribution in [0.4, 0.5) is 0 Å². The summed E-state index contributed by atoms with van der Waals surface area (Å²) in [4.78, 5) is 21.9. The van der Waals surface area contributed by atoms with Crippen LogP contribution in [-0.4, -0.2) is 30.5 Å². The molecular formula is C17H18N6O2. The van der Waals surface area contributed by atoms with Crippen LogP contribution in [-0.2, 0) is 18.5 Å². The Hall–Kier alpha value is -3.29. The zero-order valence-corrected chi connectivity index (χ0v) is 14.2. The van der Waals surface area contributed by atoms with E-state index in [1.54, 1.807) is 19.3 Å². The molecule has 0 amide bonds. The van der Waals surface area contributed by atoms with E-state index in [-0.39, 0.29) is 12.3 Å². The molecule has 2 aromatic heterocycles. The van der Waals surface area contributed by atoms with Crippen LogP contribution in [0.3, 0.4) is 0 Å². The molecular weight excluding hydrogens is 320 g/mol. The van der Waals surface area contributed by atoms with Gasteiger partial charge in [-0.3, -0.25) is 4.98 Å². The van der Waals surface area contributed by atoms with Crippen LogP contribution in [0.25, 0.3) is 5.69 Å². The lowest BCUT2D eigenvalue weighted by Crippen LogP contribution is -2.23. The number of hydrogen-bond acceptors (Lipinski definition) is 6. The topological polar surface area (TPSA) is 87.2 Å². The Bertz CT molecular complexity index is 959. The fourth-order valence-corrected chi connectivity index (χ4v) is 2.36. The normalized spacial score (nSPS) is 11.6. The van der Waals surface area contributed by atoms with E-state index in [4.69, 9.17) is 4.84 Å². The van der Waals surface area contributed by atoms with Crippen LogP contribution in [0.2, 0.25) is 0 Å². The number of nitrogens with zero attached hydrogens (tertiary/aromatic N) is 6. The number of aromatic nitrogens is 5. The van der Waals surface area contributed by atoms with E-state index >= 15 is 0 Å². The van der Waals surface area contributed by atoms with E-state index in [0.717, 1.165) is 16.8 Å². The number of oxime groups is 1. The van der Waals surface area contributed by atoms with Crippen molar-refractivity contribution in [3.63, 3.8) is 0 Å². The van der Waals surface area contributed by atoms with Gasteiger partial charge in [0.2, 0.25) is 0 Å². The van der Waals surface area contributed by atoms with Crippen LogP contribution < -0.4 is 5.69 Å². The van der Waals surface area contributed by atoms with Crippen molar-refractivity contribution in [3.05, 3.63) is 69.9 Å². The summed E-state index contributed by atoms with van der Waals surface area (Å²) >= 11 is 0. The van der Waals surface area contributed by atoms with Crippen molar-refractivity contribution in [2.45, 2.75) is 20.5 Å². The van der Waals surface area contributed by atoms with Gasteiger partial charge in [0.15, 0.2) is 0 Å². The molecule has 2 heterocycles. The average Bonchev–Trinajstić information content (AvgIpc) is 2.96. The summed E-state index contributed by atoms with van der Waals surface area (Å²) in [5, 5.41) is 11.8. The van der Waals surface area contributed by atoms with E-state index in [2.05, 4.69) is 20.6 Å². The maximum atomic E-state index is 12.1. The second kappa shape index (κ2) is 7.08. The molecule has 0 radical (unpaired) electrons. The minimum Gasteiger partial charge on any atom is -0.391 e. The van der Waals surface area contributed by atoms with Gasteiger partial charge in [0.25, 0.3) is 0 Å². The highest BCUT2D eigenvalue weighted by Crippen LogP contribution is 2.18. The number of benzene rings is 1. The molecule has 0 aliphatic rings. The molecule has 8 heteroatoms. The molecule has 25 heavy (non-hydrogen) atoms. The van der Waals surface area contributed by atoms with Gasteiger partial charge in [-0.1, -0.05) is 23.4 Å². The molecule has 0 atom stereocenters. The number of tetrazole rings is 1. The van der Waals surface area contributed by atoms with Crippen molar-refractivity contribution in [3.8, 4) is 5.69 Å². The number of aryl methyl sites for hydroxylation is 2. The molecule has 128 valence electrons. The molecule has 0 fully saturated rings. The second-order valence-electron chi connectivity index (χ2n) is 5.53. The Morgan fingerprint density at radius 3 is 2.72 bits per heavy atom. The Morgan fingerprint density at radius 2 is 2.04 bits per heavy atom. The molecule has 0 spiro atoms. The first-order valence-corrected chi connectivity index (χ1v) is 7.74. The fourth-order valence-electron chi connectivity index (χ4n) is 2.36. The largest absolute Gasteiger partial charge is 0.391 e. The van der Waals surface area contributed by atoms with Crippen molar-refractivity contribution in [1.82, 2.24) is 24.8 Å². The van der Waals surface area contributed by atoms with Crippen molar-refractivity contribution in [2.24, 2.45) is 12.2 Å². The van der Waals surface area contributed by atoms with Crippen LogP contribution in [0, 0.1) is 6.92 Å². The van der Waals surface area contributed by atoms with Crippen LogP contribution >= 0.6 is 0 Å². The third kappa shape index (κ3) is 3.47. The van der Waals surface area contributed by atoms with Gasteiger partial charge in [-0.2, -0.15) is 9.36 Å². The van der Waals surface area contributed by atoms with Gasteiger partial charge in [0.05, 0.1) is 11.4 Å². The second-order valence-corrected chi connectivity index (χ2v) is 5.53. The highest BCUT2D eigenvalue weighted by molar-refractivity contribution is 5.96. The van der Waals surface area contributed by atoms with Gasteiger partial charge < -0.3 is 4.84 Å². The molecule has 3 rings (SSSR count). The molecule has 0 bridgehead atoms. The third-order valence-electron chi connectivity index (χ3n) is 3.78. The molecule has 0 aliphatic heterocycles. The minimum absolute atomic E-state index is 0.204. The highest BCUT2D eigenvalue weighted by Gasteiger charge is 2.13.